The molecule has 1 aromatic heterocycles. The van der Waals surface area contributed by atoms with Crippen LogP contribution in [0.2, 0.25) is 0 Å². The Morgan fingerprint density at radius 3 is 2.52 bits per heavy atom. The van der Waals surface area contributed by atoms with E-state index in [0.717, 1.165) is 31.7 Å². The largest absolute Gasteiger partial charge is 0.493 e. The number of hydrogen-bond acceptors (Lipinski definition) is 6. The fraction of sp³-hybridized carbons (Fsp3) is 0.350. The minimum absolute atomic E-state index is 0.173. The third-order valence-corrected chi connectivity index (χ3v) is 5.12. The monoisotopic (exact) mass is 399 g/mol. The van der Waals surface area contributed by atoms with Crippen LogP contribution in [0.25, 0.3) is 11.4 Å². The quantitative estimate of drug-likeness (QED) is 0.663. The van der Waals surface area contributed by atoms with Crippen LogP contribution in [-0.4, -0.2) is 60.6 Å². The number of aromatic nitrogens is 4. The van der Waals surface area contributed by atoms with E-state index in [9.17, 15) is 4.39 Å². The zero-order valence-electron chi connectivity index (χ0n) is 16.5. The summed E-state index contributed by atoms with van der Waals surface area (Å²) in [7, 11) is 3.19. The van der Waals surface area contributed by atoms with E-state index >= 15 is 0 Å². The van der Waals surface area contributed by atoms with Crippen molar-refractivity contribution in [2.45, 2.75) is 6.67 Å². The van der Waals surface area contributed by atoms with Crippen LogP contribution in [0, 0.1) is 5.82 Å². The third kappa shape index (κ3) is 4.14. The lowest BCUT2D eigenvalue weighted by Crippen LogP contribution is -3.14. The molecule has 0 unspecified atom stereocenters. The summed E-state index contributed by atoms with van der Waals surface area (Å²) in [5, 5.41) is 12.9. The molecule has 1 saturated heterocycles. The number of tetrazole rings is 1. The highest BCUT2D eigenvalue weighted by Crippen LogP contribution is 2.30. The van der Waals surface area contributed by atoms with Gasteiger partial charge in [-0.3, -0.25) is 0 Å². The first-order valence-electron chi connectivity index (χ1n) is 9.51. The second-order valence-corrected chi connectivity index (χ2v) is 6.90. The first kappa shape index (κ1) is 19.1. The van der Waals surface area contributed by atoms with Crippen LogP contribution in [0.5, 0.6) is 11.5 Å². The standard InChI is InChI=1S/C20H23FN6O2/c1-28-18-8-7-15(13-19(18)29-2)20-22-24-27(23-20)14-25-9-11-26(12-10-25)17-6-4-3-5-16(17)21/h3-8,13H,9-12,14H2,1-2H3/p+1. The van der Waals surface area contributed by atoms with Crippen molar-refractivity contribution in [2.75, 3.05) is 45.3 Å². The Balaban J connectivity index is 1.38. The van der Waals surface area contributed by atoms with E-state index in [1.54, 1.807) is 25.1 Å². The van der Waals surface area contributed by atoms with Gasteiger partial charge in [0.05, 0.1) is 46.1 Å². The highest BCUT2D eigenvalue weighted by Gasteiger charge is 2.23. The molecule has 8 nitrogen and oxygen atoms in total. The van der Waals surface area contributed by atoms with Crippen molar-refractivity contribution in [1.29, 1.82) is 0 Å². The Morgan fingerprint density at radius 2 is 1.79 bits per heavy atom. The Kier molecular flexibility index (Phi) is 5.57. The van der Waals surface area contributed by atoms with E-state index in [0.29, 0.717) is 29.7 Å². The van der Waals surface area contributed by atoms with Gasteiger partial charge in [0.25, 0.3) is 0 Å². The predicted molar refractivity (Wildman–Crippen MR) is 106 cm³/mol. The van der Waals surface area contributed by atoms with Gasteiger partial charge in [0, 0.05) is 5.56 Å². The molecule has 2 aromatic carbocycles. The number of hydrogen-bond donors (Lipinski definition) is 1. The lowest BCUT2D eigenvalue weighted by Gasteiger charge is -2.33. The Labute approximate surface area is 168 Å². The SMILES string of the molecule is COc1ccc(-c2nnn(C[NH+]3CCN(c4ccccc4F)CC3)n2)cc1OC. The van der Waals surface area contributed by atoms with Gasteiger partial charge in [-0.2, -0.15) is 0 Å². The van der Waals surface area contributed by atoms with Crippen LogP contribution in [-0.2, 0) is 6.67 Å². The lowest BCUT2D eigenvalue weighted by molar-refractivity contribution is -0.924. The number of benzene rings is 2. The van der Waals surface area contributed by atoms with Gasteiger partial charge in [0.15, 0.2) is 18.2 Å². The van der Waals surface area contributed by atoms with Gasteiger partial charge in [0.1, 0.15) is 5.82 Å². The van der Waals surface area contributed by atoms with Gasteiger partial charge in [-0.15, -0.1) is 15.0 Å². The van der Waals surface area contributed by atoms with Crippen molar-refractivity contribution < 1.29 is 18.8 Å². The molecule has 1 N–H and O–H groups in total. The Morgan fingerprint density at radius 1 is 1.03 bits per heavy atom. The first-order valence-corrected chi connectivity index (χ1v) is 9.51. The van der Waals surface area contributed by atoms with Crippen LogP contribution >= 0.6 is 0 Å². The lowest BCUT2D eigenvalue weighted by atomic mass is 10.2. The van der Waals surface area contributed by atoms with Crippen molar-refractivity contribution in [1.82, 2.24) is 20.2 Å². The average molecular weight is 399 g/mol. The molecule has 152 valence electrons. The Bertz CT molecular complexity index is 971. The van der Waals surface area contributed by atoms with Crippen molar-refractivity contribution >= 4 is 5.69 Å². The molecule has 0 saturated carbocycles. The number of halogens is 1. The zero-order chi connectivity index (χ0) is 20.2. The fourth-order valence-electron chi connectivity index (χ4n) is 3.53. The molecule has 29 heavy (non-hydrogen) atoms. The maximum atomic E-state index is 14.0. The molecule has 0 bridgehead atoms. The second kappa shape index (κ2) is 8.44. The minimum atomic E-state index is -0.173. The number of methoxy groups -OCH3 is 2. The van der Waals surface area contributed by atoms with Gasteiger partial charge < -0.3 is 19.3 Å². The van der Waals surface area contributed by atoms with Crippen LogP contribution in [0.1, 0.15) is 0 Å². The molecule has 0 aliphatic carbocycles. The molecular formula is C20H24FN6O2+. The van der Waals surface area contributed by atoms with Crippen molar-refractivity contribution in [2.24, 2.45) is 0 Å². The Hall–Kier alpha value is -3.20. The first-order chi connectivity index (χ1) is 14.2. The number of nitrogens with zero attached hydrogens (tertiary/aromatic N) is 5. The number of quaternary nitrogens is 1. The summed E-state index contributed by atoms with van der Waals surface area (Å²) in [6, 6.07) is 12.4. The summed E-state index contributed by atoms with van der Waals surface area (Å²) in [5.74, 6) is 1.64. The smallest absolute Gasteiger partial charge is 0.205 e. The molecule has 0 radical (unpaired) electrons. The highest BCUT2D eigenvalue weighted by atomic mass is 19.1. The van der Waals surface area contributed by atoms with Gasteiger partial charge in [0.2, 0.25) is 5.82 Å². The van der Waals surface area contributed by atoms with Crippen molar-refractivity contribution in [3.8, 4) is 22.9 Å². The number of para-hydroxylation sites is 1. The molecule has 1 aliphatic rings. The van der Waals surface area contributed by atoms with E-state index in [1.165, 1.54) is 11.0 Å². The summed E-state index contributed by atoms with van der Waals surface area (Å²) in [6.07, 6.45) is 0. The molecule has 1 aliphatic heterocycles. The molecule has 0 spiro atoms. The molecule has 3 aromatic rings. The van der Waals surface area contributed by atoms with Crippen molar-refractivity contribution in [3.05, 3.63) is 48.3 Å². The number of anilines is 1. The second-order valence-electron chi connectivity index (χ2n) is 6.90. The summed E-state index contributed by atoms with van der Waals surface area (Å²) in [4.78, 5) is 5.02. The van der Waals surface area contributed by atoms with E-state index in [1.807, 2.05) is 30.3 Å². The highest BCUT2D eigenvalue weighted by molar-refractivity contribution is 5.60. The number of nitrogens with one attached hydrogen (secondary N) is 1. The summed E-state index contributed by atoms with van der Waals surface area (Å²) in [6.45, 7) is 3.94. The molecule has 0 atom stereocenters. The van der Waals surface area contributed by atoms with Crippen molar-refractivity contribution in [3.63, 3.8) is 0 Å². The molecule has 9 heteroatoms. The molecule has 0 amide bonds. The predicted octanol–water partition coefficient (Wildman–Crippen LogP) is 0.859. The minimum Gasteiger partial charge on any atom is -0.493 e. The van der Waals surface area contributed by atoms with Crippen LogP contribution < -0.4 is 19.3 Å². The number of piperazine rings is 1. The molecule has 1 fully saturated rings. The third-order valence-electron chi connectivity index (χ3n) is 5.12. The normalized spacial score (nSPS) is 14.8. The van der Waals surface area contributed by atoms with E-state index in [4.69, 9.17) is 9.47 Å². The maximum absolute atomic E-state index is 14.0. The van der Waals surface area contributed by atoms with Gasteiger partial charge in [-0.05, 0) is 35.5 Å². The molecular weight excluding hydrogens is 375 g/mol. The molecule has 2 heterocycles. The average Bonchev–Trinajstić information content (AvgIpc) is 3.23. The van der Waals surface area contributed by atoms with Gasteiger partial charge in [-0.1, -0.05) is 12.1 Å². The van der Waals surface area contributed by atoms with Crippen LogP contribution in [0.3, 0.4) is 0 Å². The topological polar surface area (TPSA) is 69.7 Å². The van der Waals surface area contributed by atoms with Gasteiger partial charge >= 0.3 is 0 Å². The summed E-state index contributed by atoms with van der Waals surface area (Å²) in [5.41, 5.74) is 1.48. The van der Waals surface area contributed by atoms with Gasteiger partial charge in [-0.25, -0.2) is 4.39 Å². The number of ether oxygens (including phenoxy) is 2. The van der Waals surface area contributed by atoms with Crippen LogP contribution in [0.4, 0.5) is 10.1 Å². The zero-order valence-corrected chi connectivity index (χ0v) is 16.5. The maximum Gasteiger partial charge on any atom is 0.205 e. The summed E-state index contributed by atoms with van der Waals surface area (Å²) < 4.78 is 24.6. The van der Waals surface area contributed by atoms with E-state index in [-0.39, 0.29) is 5.82 Å². The van der Waals surface area contributed by atoms with E-state index in [2.05, 4.69) is 20.3 Å². The summed E-state index contributed by atoms with van der Waals surface area (Å²) >= 11 is 0. The fourth-order valence-corrected chi connectivity index (χ4v) is 3.53. The van der Waals surface area contributed by atoms with E-state index < -0.39 is 0 Å². The van der Waals surface area contributed by atoms with Crippen LogP contribution in [0.15, 0.2) is 42.5 Å². The number of rotatable bonds is 6. The molecule has 4 rings (SSSR count).